The molecule has 16 heavy (non-hydrogen) atoms. The monoisotopic (exact) mass is 229 g/mol. The van der Waals surface area contributed by atoms with E-state index in [0.29, 0.717) is 6.04 Å². The standard InChI is InChI=1S/C13H27NO2/c1-13(2)11-12(7-10-16-13)14-8-5-4-6-9-15-3/h12,14H,4-11H2,1-3H3. The largest absolute Gasteiger partial charge is 0.385 e. The van der Waals surface area contributed by atoms with Crippen molar-refractivity contribution in [3.05, 3.63) is 0 Å². The van der Waals surface area contributed by atoms with Crippen molar-refractivity contribution in [2.75, 3.05) is 26.9 Å². The smallest absolute Gasteiger partial charge is 0.0641 e. The summed E-state index contributed by atoms with van der Waals surface area (Å²) >= 11 is 0. The van der Waals surface area contributed by atoms with Gasteiger partial charge in [0.1, 0.15) is 0 Å². The second-order valence-corrected chi connectivity index (χ2v) is 5.31. The summed E-state index contributed by atoms with van der Waals surface area (Å²) in [5, 5.41) is 3.63. The third-order valence-corrected chi connectivity index (χ3v) is 3.16. The molecule has 0 radical (unpaired) electrons. The zero-order chi connectivity index (χ0) is 11.9. The number of hydrogen-bond acceptors (Lipinski definition) is 3. The summed E-state index contributed by atoms with van der Waals surface area (Å²) in [6.07, 6.45) is 5.97. The van der Waals surface area contributed by atoms with Crippen LogP contribution in [-0.2, 0) is 9.47 Å². The Morgan fingerprint density at radius 2 is 2.12 bits per heavy atom. The molecule has 0 amide bonds. The van der Waals surface area contributed by atoms with Gasteiger partial charge in [-0.05, 0) is 52.5 Å². The van der Waals surface area contributed by atoms with Crippen LogP contribution in [0.4, 0.5) is 0 Å². The lowest BCUT2D eigenvalue weighted by atomic mass is 9.94. The summed E-state index contributed by atoms with van der Waals surface area (Å²) in [6, 6.07) is 0.645. The number of ether oxygens (including phenoxy) is 2. The Hall–Kier alpha value is -0.120. The molecule has 0 aromatic rings. The van der Waals surface area contributed by atoms with Crippen LogP contribution in [0.5, 0.6) is 0 Å². The van der Waals surface area contributed by atoms with Crippen molar-refractivity contribution in [1.82, 2.24) is 5.32 Å². The fourth-order valence-electron chi connectivity index (χ4n) is 2.26. The molecule has 1 rings (SSSR count). The highest BCUT2D eigenvalue weighted by molar-refractivity contribution is 4.82. The van der Waals surface area contributed by atoms with Gasteiger partial charge in [-0.2, -0.15) is 0 Å². The molecule has 1 aliphatic heterocycles. The Morgan fingerprint density at radius 3 is 2.81 bits per heavy atom. The normalized spacial score (nSPS) is 24.6. The molecule has 0 aromatic carbocycles. The highest BCUT2D eigenvalue weighted by Crippen LogP contribution is 2.23. The van der Waals surface area contributed by atoms with Crippen molar-refractivity contribution in [3.8, 4) is 0 Å². The SMILES string of the molecule is COCCCCCNC1CCOC(C)(C)C1. The summed E-state index contributed by atoms with van der Waals surface area (Å²) in [5.74, 6) is 0. The molecule has 1 atom stereocenters. The van der Waals surface area contributed by atoms with Gasteiger partial charge in [0.15, 0.2) is 0 Å². The number of nitrogens with one attached hydrogen (secondary N) is 1. The van der Waals surface area contributed by atoms with Gasteiger partial charge in [0, 0.05) is 26.4 Å². The third-order valence-electron chi connectivity index (χ3n) is 3.16. The van der Waals surface area contributed by atoms with Crippen LogP contribution in [0.3, 0.4) is 0 Å². The van der Waals surface area contributed by atoms with E-state index < -0.39 is 0 Å². The predicted octanol–water partition coefficient (Wildman–Crippen LogP) is 2.35. The molecule has 0 aromatic heterocycles. The quantitative estimate of drug-likeness (QED) is 0.680. The summed E-state index contributed by atoms with van der Waals surface area (Å²) in [7, 11) is 1.77. The van der Waals surface area contributed by atoms with Crippen molar-refractivity contribution in [3.63, 3.8) is 0 Å². The molecule has 0 saturated carbocycles. The number of methoxy groups -OCH3 is 1. The molecule has 1 fully saturated rings. The summed E-state index contributed by atoms with van der Waals surface area (Å²) in [4.78, 5) is 0. The lowest BCUT2D eigenvalue weighted by Crippen LogP contribution is -2.43. The summed E-state index contributed by atoms with van der Waals surface area (Å²) in [5.41, 5.74) is 0.0615. The van der Waals surface area contributed by atoms with E-state index in [1.807, 2.05) is 0 Å². The fraction of sp³-hybridized carbons (Fsp3) is 1.00. The van der Waals surface area contributed by atoms with E-state index in [2.05, 4.69) is 19.2 Å². The Kier molecular flexibility index (Phi) is 6.32. The van der Waals surface area contributed by atoms with Crippen LogP contribution in [0, 0.1) is 0 Å². The van der Waals surface area contributed by atoms with Crippen LogP contribution in [0.15, 0.2) is 0 Å². The minimum atomic E-state index is 0.0615. The molecule has 3 nitrogen and oxygen atoms in total. The average Bonchev–Trinajstić information content (AvgIpc) is 2.22. The van der Waals surface area contributed by atoms with Crippen LogP contribution in [-0.4, -0.2) is 38.5 Å². The first kappa shape index (κ1) is 13.9. The highest BCUT2D eigenvalue weighted by atomic mass is 16.5. The fourth-order valence-corrected chi connectivity index (χ4v) is 2.26. The molecule has 0 spiro atoms. The summed E-state index contributed by atoms with van der Waals surface area (Å²) in [6.45, 7) is 7.28. The maximum absolute atomic E-state index is 5.70. The number of hydrogen-bond donors (Lipinski definition) is 1. The van der Waals surface area contributed by atoms with E-state index >= 15 is 0 Å². The first-order chi connectivity index (χ1) is 7.64. The molecular formula is C13H27NO2. The van der Waals surface area contributed by atoms with Crippen LogP contribution in [0.25, 0.3) is 0 Å². The van der Waals surface area contributed by atoms with E-state index in [1.54, 1.807) is 7.11 Å². The first-order valence-electron chi connectivity index (χ1n) is 6.50. The van der Waals surface area contributed by atoms with Crippen molar-refractivity contribution in [2.45, 2.75) is 57.6 Å². The highest BCUT2D eigenvalue weighted by Gasteiger charge is 2.28. The molecule has 1 aliphatic rings. The third kappa shape index (κ3) is 5.83. The first-order valence-corrected chi connectivity index (χ1v) is 6.50. The van der Waals surface area contributed by atoms with Crippen molar-refractivity contribution >= 4 is 0 Å². The molecule has 0 bridgehead atoms. The van der Waals surface area contributed by atoms with Gasteiger partial charge < -0.3 is 14.8 Å². The van der Waals surface area contributed by atoms with Gasteiger partial charge in [0.25, 0.3) is 0 Å². The van der Waals surface area contributed by atoms with E-state index in [1.165, 1.54) is 19.3 Å². The Bertz CT molecular complexity index is 183. The van der Waals surface area contributed by atoms with Crippen molar-refractivity contribution in [2.24, 2.45) is 0 Å². The van der Waals surface area contributed by atoms with Gasteiger partial charge in [-0.15, -0.1) is 0 Å². The Balaban J connectivity index is 2.00. The van der Waals surface area contributed by atoms with Crippen LogP contribution >= 0.6 is 0 Å². The van der Waals surface area contributed by atoms with Crippen LogP contribution in [0.2, 0.25) is 0 Å². The summed E-state index contributed by atoms with van der Waals surface area (Å²) < 4.78 is 10.7. The zero-order valence-corrected chi connectivity index (χ0v) is 11.1. The molecule has 1 heterocycles. The van der Waals surface area contributed by atoms with E-state index in [-0.39, 0.29) is 5.60 Å². The molecule has 1 unspecified atom stereocenters. The van der Waals surface area contributed by atoms with Crippen LogP contribution in [0.1, 0.15) is 46.0 Å². The van der Waals surface area contributed by atoms with E-state index in [9.17, 15) is 0 Å². The molecular weight excluding hydrogens is 202 g/mol. The molecule has 1 saturated heterocycles. The zero-order valence-electron chi connectivity index (χ0n) is 11.1. The second kappa shape index (κ2) is 7.25. The average molecular weight is 229 g/mol. The molecule has 1 N–H and O–H groups in total. The molecule has 0 aliphatic carbocycles. The van der Waals surface area contributed by atoms with Gasteiger partial charge in [0.05, 0.1) is 5.60 Å². The minimum Gasteiger partial charge on any atom is -0.385 e. The Labute approximate surface area is 99.9 Å². The topological polar surface area (TPSA) is 30.5 Å². The van der Waals surface area contributed by atoms with Crippen molar-refractivity contribution < 1.29 is 9.47 Å². The van der Waals surface area contributed by atoms with Gasteiger partial charge in [-0.25, -0.2) is 0 Å². The van der Waals surface area contributed by atoms with E-state index in [4.69, 9.17) is 9.47 Å². The predicted molar refractivity (Wildman–Crippen MR) is 66.8 cm³/mol. The molecule has 3 heteroatoms. The van der Waals surface area contributed by atoms with Gasteiger partial charge in [-0.1, -0.05) is 0 Å². The van der Waals surface area contributed by atoms with Gasteiger partial charge >= 0.3 is 0 Å². The van der Waals surface area contributed by atoms with Crippen molar-refractivity contribution in [1.29, 1.82) is 0 Å². The Morgan fingerprint density at radius 1 is 1.31 bits per heavy atom. The number of rotatable bonds is 7. The maximum atomic E-state index is 5.70. The van der Waals surface area contributed by atoms with Crippen LogP contribution < -0.4 is 5.32 Å². The van der Waals surface area contributed by atoms with Gasteiger partial charge in [-0.3, -0.25) is 0 Å². The second-order valence-electron chi connectivity index (χ2n) is 5.31. The lowest BCUT2D eigenvalue weighted by Gasteiger charge is -2.36. The molecule has 96 valence electrons. The maximum Gasteiger partial charge on any atom is 0.0641 e. The number of unbranched alkanes of at least 4 members (excludes halogenated alkanes) is 2. The van der Waals surface area contributed by atoms with Gasteiger partial charge in [0.2, 0.25) is 0 Å². The lowest BCUT2D eigenvalue weighted by molar-refractivity contribution is -0.0628. The minimum absolute atomic E-state index is 0.0615. The van der Waals surface area contributed by atoms with E-state index in [0.717, 1.165) is 32.6 Å².